The van der Waals surface area contributed by atoms with Crippen LogP contribution in [0.25, 0.3) is 107 Å². The fourth-order valence-electron chi connectivity index (χ4n) is 8.44. The van der Waals surface area contributed by atoms with Gasteiger partial charge in [-0.1, -0.05) is 0 Å². The van der Waals surface area contributed by atoms with Crippen molar-refractivity contribution in [1.29, 1.82) is 0 Å². The number of hydrogen-bond donors (Lipinski definition) is 0. The fraction of sp³-hybridized carbons (Fsp3) is 0. The van der Waals surface area contributed by atoms with Crippen molar-refractivity contribution in [3.63, 3.8) is 0 Å². The van der Waals surface area contributed by atoms with Crippen molar-refractivity contribution in [2.75, 3.05) is 0 Å². The van der Waals surface area contributed by atoms with Crippen molar-refractivity contribution in [3.8, 4) is 44.5 Å². The van der Waals surface area contributed by atoms with Crippen LogP contribution in [0.1, 0.15) is 12.3 Å². The van der Waals surface area contributed by atoms with E-state index in [-0.39, 0.29) is 68.4 Å². The summed E-state index contributed by atoms with van der Waals surface area (Å²) in [6.07, 6.45) is 0. The average Bonchev–Trinajstić information content (AvgIpc) is 3.70. The Hall–Kier alpha value is -6.24. The zero-order valence-electron chi connectivity index (χ0n) is 37.2. The Bertz CT molecular complexity index is 3610. The van der Waals surface area contributed by atoms with E-state index in [2.05, 4.69) is 60.7 Å². The predicted molar refractivity (Wildman–Crippen MR) is 230 cm³/mol. The Balaban J connectivity index is 1.23. The van der Waals surface area contributed by atoms with Gasteiger partial charge in [-0.15, -0.1) is 0 Å². The Morgan fingerprint density at radius 1 is 0.321 bits per heavy atom. The van der Waals surface area contributed by atoms with Gasteiger partial charge < -0.3 is 0 Å². The number of benzene rings is 10. The van der Waals surface area contributed by atoms with Gasteiger partial charge >= 0.3 is 328 Å². The SMILES string of the molecule is [2H]c1cc(-c2c3ccccc3c(-c3cccc4[se]c5c(-c6c7ccccc7c(-c7c([2H])c([2H])c([2H])c([2H])c7[2H])c7ccccc67)cccc5c34)c3ccccc23)c([2H])c([2H])c1[2H]. The fourth-order valence-corrected chi connectivity index (χ4v) is 11.1. The molecule has 0 aliphatic rings. The van der Waals surface area contributed by atoms with Crippen LogP contribution in [0, 0.1) is 0 Å². The van der Waals surface area contributed by atoms with Gasteiger partial charge in [0, 0.05) is 0 Å². The van der Waals surface area contributed by atoms with E-state index in [1.807, 2.05) is 72.8 Å². The molecule has 0 aliphatic heterocycles. The summed E-state index contributed by atoms with van der Waals surface area (Å²) in [6, 6.07) is 44.6. The van der Waals surface area contributed by atoms with Crippen LogP contribution in [0.15, 0.2) is 194 Å². The topological polar surface area (TPSA) is 0 Å². The van der Waals surface area contributed by atoms with E-state index < -0.39 is 6.04 Å². The second-order valence-electron chi connectivity index (χ2n) is 13.2. The van der Waals surface area contributed by atoms with E-state index in [0.717, 1.165) is 76.3 Å². The molecule has 0 saturated carbocycles. The molecule has 0 saturated heterocycles. The molecule has 246 valence electrons. The van der Waals surface area contributed by atoms with Gasteiger partial charge in [-0.25, -0.2) is 0 Å². The van der Waals surface area contributed by atoms with Gasteiger partial charge in [0.25, 0.3) is 0 Å². The molecule has 0 amide bonds. The molecule has 0 nitrogen and oxygen atoms in total. The first-order valence-electron chi connectivity index (χ1n) is 22.0. The van der Waals surface area contributed by atoms with Crippen LogP contribution in [0.5, 0.6) is 0 Å². The van der Waals surface area contributed by atoms with Gasteiger partial charge in [-0.05, 0) is 0 Å². The van der Waals surface area contributed by atoms with Crippen LogP contribution in [-0.4, -0.2) is 14.5 Å². The second-order valence-corrected chi connectivity index (χ2v) is 15.4. The monoisotopic (exact) mass is 745 g/mol. The summed E-state index contributed by atoms with van der Waals surface area (Å²) in [5, 5.41) is 9.56. The summed E-state index contributed by atoms with van der Waals surface area (Å²) in [5.74, 6) is 0. The summed E-state index contributed by atoms with van der Waals surface area (Å²) in [7, 11) is 0. The molecule has 0 bridgehead atoms. The van der Waals surface area contributed by atoms with Crippen LogP contribution in [0.3, 0.4) is 0 Å². The molecule has 0 aliphatic carbocycles. The molecule has 0 fully saturated rings. The Labute approximate surface area is 326 Å². The van der Waals surface area contributed by atoms with Crippen molar-refractivity contribution < 1.29 is 12.3 Å². The Kier molecular flexibility index (Phi) is 5.20. The quantitative estimate of drug-likeness (QED) is 0.124. The van der Waals surface area contributed by atoms with E-state index in [1.54, 1.807) is 6.07 Å². The minimum atomic E-state index is -0.418. The Morgan fingerprint density at radius 3 is 1.30 bits per heavy atom. The van der Waals surface area contributed by atoms with Gasteiger partial charge in [0.15, 0.2) is 0 Å². The third-order valence-corrected chi connectivity index (χ3v) is 13.0. The predicted octanol–water partition coefficient (Wildman–Crippen LogP) is 14.3. The summed E-state index contributed by atoms with van der Waals surface area (Å²) in [4.78, 5) is 0. The van der Waals surface area contributed by atoms with Gasteiger partial charge in [0.2, 0.25) is 0 Å². The molecule has 0 unspecified atom stereocenters. The molecule has 53 heavy (non-hydrogen) atoms. The van der Waals surface area contributed by atoms with E-state index in [0.29, 0.717) is 11.1 Å². The third kappa shape index (κ3) is 4.62. The van der Waals surface area contributed by atoms with Crippen LogP contribution < -0.4 is 0 Å². The molecule has 1 aromatic heterocycles. The van der Waals surface area contributed by atoms with E-state index >= 15 is 0 Å². The van der Waals surface area contributed by atoms with Crippen molar-refractivity contribution in [2.45, 2.75) is 0 Å². The van der Waals surface area contributed by atoms with Crippen molar-refractivity contribution in [3.05, 3.63) is 194 Å². The number of rotatable bonds is 4. The maximum absolute atomic E-state index is 9.00. The second kappa shape index (κ2) is 12.2. The molecule has 0 radical (unpaired) electrons. The van der Waals surface area contributed by atoms with E-state index in [4.69, 9.17) is 12.3 Å². The van der Waals surface area contributed by atoms with E-state index in [1.165, 1.54) is 13.9 Å². The first kappa shape index (κ1) is 22.6. The molecule has 11 aromatic rings. The summed E-state index contributed by atoms with van der Waals surface area (Å²) >= 11 is -0.107. The summed E-state index contributed by atoms with van der Waals surface area (Å²) < 4.78 is 80.2. The van der Waals surface area contributed by atoms with Gasteiger partial charge in [-0.3, -0.25) is 0 Å². The summed E-state index contributed by atoms with van der Waals surface area (Å²) in [6.45, 7) is 0. The first-order valence-corrected chi connectivity index (χ1v) is 19.2. The van der Waals surface area contributed by atoms with Gasteiger partial charge in [0.05, 0.1) is 0 Å². The Morgan fingerprint density at radius 2 is 0.736 bits per heavy atom. The molecule has 1 heterocycles. The minimum absolute atomic E-state index is 0.0693. The number of hydrogen-bond acceptors (Lipinski definition) is 0. The molecule has 1 heteroatoms. The maximum atomic E-state index is 9.00. The van der Waals surface area contributed by atoms with Crippen LogP contribution >= 0.6 is 0 Å². The van der Waals surface area contributed by atoms with Crippen LogP contribution in [-0.2, 0) is 0 Å². The van der Waals surface area contributed by atoms with Crippen LogP contribution in [0.4, 0.5) is 0 Å². The zero-order chi connectivity index (χ0) is 42.7. The van der Waals surface area contributed by atoms with Crippen LogP contribution in [0.2, 0.25) is 0 Å². The third-order valence-electron chi connectivity index (χ3n) is 10.5. The first-order chi connectivity index (χ1) is 30.1. The summed E-state index contributed by atoms with van der Waals surface area (Å²) in [5.41, 5.74) is 6.31. The van der Waals surface area contributed by atoms with E-state index in [9.17, 15) is 0 Å². The zero-order valence-corrected chi connectivity index (χ0v) is 29.9. The van der Waals surface area contributed by atoms with Crippen molar-refractivity contribution in [2.24, 2.45) is 0 Å². The molecule has 10 aromatic carbocycles. The van der Waals surface area contributed by atoms with Gasteiger partial charge in [-0.2, -0.15) is 0 Å². The molecule has 0 atom stereocenters. The van der Waals surface area contributed by atoms with Gasteiger partial charge in [0.1, 0.15) is 0 Å². The normalized spacial score (nSPS) is 14.2. The molecular formula is C52H32Se. The standard InChI is InChI=1S/C52H32Se/c1-3-17-33(18-4-1)47-35-21-7-11-25-39(35)49(40-26-12-8-22-36(40)47)43-29-16-32-46-51(43)45-31-15-30-44(52(45)53-46)50-41-27-13-9-23-37(41)48(34-19-5-2-6-20-34)38-24-10-14-28-42(38)50/h1-32H/i1D,2D,3D,4D,5D,6D,17D,19D,20D. The van der Waals surface area contributed by atoms with Crippen molar-refractivity contribution >= 4 is 76.9 Å². The molecular weight excluding hydrogens is 704 g/mol. The average molecular weight is 745 g/mol. The molecule has 0 N–H and O–H groups in total. The molecule has 0 spiro atoms. The molecule has 11 rings (SSSR count). The van der Waals surface area contributed by atoms with Crippen molar-refractivity contribution in [1.82, 2.24) is 0 Å². The number of fused-ring (bicyclic) bond motifs is 7.